The normalized spacial score (nSPS) is 14.1. The van der Waals surface area contributed by atoms with E-state index in [1.165, 1.54) is 88.9 Å². The molecule has 0 radical (unpaired) electrons. The van der Waals surface area contributed by atoms with Gasteiger partial charge in [0.2, 0.25) is 0 Å². The van der Waals surface area contributed by atoms with Crippen LogP contribution in [0.5, 0.6) is 0 Å². The van der Waals surface area contributed by atoms with E-state index in [2.05, 4.69) is 231 Å². The van der Waals surface area contributed by atoms with Crippen LogP contribution in [0.3, 0.4) is 0 Å². The van der Waals surface area contributed by atoms with Crippen LogP contribution in [0.2, 0.25) is 0 Å². The molecule has 0 bridgehead atoms. The van der Waals surface area contributed by atoms with Crippen LogP contribution in [0.4, 0.5) is 17.1 Å². The Labute approximate surface area is 335 Å². The molecule has 0 atom stereocenters. The number of hydrogen-bond donors (Lipinski definition) is 0. The van der Waals surface area contributed by atoms with E-state index in [1.54, 1.807) is 0 Å². The van der Waals surface area contributed by atoms with Crippen molar-refractivity contribution in [2.24, 2.45) is 0 Å². The topological polar surface area (TPSA) is 3.24 Å². The van der Waals surface area contributed by atoms with Crippen LogP contribution in [0, 0.1) is 0 Å². The molecule has 1 heteroatoms. The van der Waals surface area contributed by atoms with Crippen LogP contribution in [0.1, 0.15) is 47.2 Å². The number of nitrogens with zero attached hydrogens (tertiary/aromatic N) is 1. The molecular weight excluding hydrogens is 687 g/mol. The number of anilines is 3. The van der Waals surface area contributed by atoms with Crippen LogP contribution in [-0.4, -0.2) is 0 Å². The molecule has 0 saturated carbocycles. The van der Waals surface area contributed by atoms with Crippen molar-refractivity contribution in [3.05, 3.63) is 246 Å². The van der Waals surface area contributed by atoms with Gasteiger partial charge in [-0.1, -0.05) is 202 Å². The molecule has 9 aromatic carbocycles. The quantitative estimate of drug-likeness (QED) is 0.165. The van der Waals surface area contributed by atoms with Gasteiger partial charge < -0.3 is 4.90 Å². The van der Waals surface area contributed by atoms with Crippen LogP contribution in [0.25, 0.3) is 44.2 Å². The standard InChI is InChI=1S/C56H41N/c1-55(2)47-29-16-14-27-45(47)52-49(55)31-18-32-50(52)57(43-35-33-39(34-36-43)38-19-6-3-7-20-38)51-37-40-21-12-13-26-44(40)54-53(51)46-28-15-17-30-48(46)56(54,41-22-8-4-9-23-41)42-24-10-5-11-25-42/h3-37H,1-2H3. The van der Waals surface area contributed by atoms with Gasteiger partial charge in [-0.15, -0.1) is 0 Å². The van der Waals surface area contributed by atoms with Crippen molar-refractivity contribution in [1.29, 1.82) is 0 Å². The first-order valence-electron chi connectivity index (χ1n) is 20.0. The Morgan fingerprint density at radius 2 is 0.912 bits per heavy atom. The number of benzene rings is 9. The molecule has 1 nitrogen and oxygen atoms in total. The van der Waals surface area contributed by atoms with Crippen molar-refractivity contribution in [3.63, 3.8) is 0 Å². The first kappa shape index (κ1) is 33.4. The van der Waals surface area contributed by atoms with Crippen LogP contribution >= 0.6 is 0 Å². The summed E-state index contributed by atoms with van der Waals surface area (Å²) >= 11 is 0. The molecule has 0 N–H and O–H groups in total. The van der Waals surface area contributed by atoms with E-state index in [0.29, 0.717) is 0 Å². The molecule has 2 aliphatic carbocycles. The zero-order chi connectivity index (χ0) is 38.1. The van der Waals surface area contributed by atoms with Gasteiger partial charge in [-0.05, 0) is 90.7 Å². The minimum absolute atomic E-state index is 0.140. The summed E-state index contributed by atoms with van der Waals surface area (Å²) < 4.78 is 0. The molecule has 0 heterocycles. The van der Waals surface area contributed by atoms with Crippen LogP contribution < -0.4 is 4.90 Å². The van der Waals surface area contributed by atoms with E-state index < -0.39 is 5.41 Å². The Hall–Kier alpha value is -6.96. The van der Waals surface area contributed by atoms with Crippen molar-refractivity contribution < 1.29 is 0 Å². The van der Waals surface area contributed by atoms with Crippen molar-refractivity contribution in [3.8, 4) is 33.4 Å². The summed E-state index contributed by atoms with van der Waals surface area (Å²) in [5, 5.41) is 2.49. The van der Waals surface area contributed by atoms with Gasteiger partial charge in [0.15, 0.2) is 0 Å². The van der Waals surface area contributed by atoms with Gasteiger partial charge in [0.05, 0.1) is 16.8 Å². The van der Waals surface area contributed by atoms with E-state index in [-0.39, 0.29) is 5.41 Å². The summed E-state index contributed by atoms with van der Waals surface area (Å²) in [4.78, 5) is 2.57. The molecule has 270 valence electrons. The van der Waals surface area contributed by atoms with Crippen LogP contribution in [0.15, 0.2) is 212 Å². The Balaban J connectivity index is 1.29. The maximum Gasteiger partial charge on any atom is 0.0720 e. The average molecular weight is 728 g/mol. The number of hydrogen-bond acceptors (Lipinski definition) is 1. The second kappa shape index (κ2) is 12.8. The predicted octanol–water partition coefficient (Wildman–Crippen LogP) is 14.6. The van der Waals surface area contributed by atoms with Gasteiger partial charge in [-0.25, -0.2) is 0 Å². The van der Waals surface area contributed by atoms with Gasteiger partial charge in [0.25, 0.3) is 0 Å². The fourth-order valence-electron chi connectivity index (χ4n) is 10.2. The third-order valence-electron chi connectivity index (χ3n) is 12.7. The van der Waals surface area contributed by atoms with Crippen LogP contribution in [-0.2, 0) is 10.8 Å². The summed E-state index contributed by atoms with van der Waals surface area (Å²) in [5.74, 6) is 0. The summed E-state index contributed by atoms with van der Waals surface area (Å²) in [7, 11) is 0. The lowest BCUT2D eigenvalue weighted by atomic mass is 9.66. The molecule has 0 fully saturated rings. The minimum Gasteiger partial charge on any atom is -0.309 e. The summed E-state index contributed by atoms with van der Waals surface area (Å²) in [6.07, 6.45) is 0. The molecule has 2 aliphatic rings. The number of fused-ring (bicyclic) bond motifs is 8. The van der Waals surface area contributed by atoms with Gasteiger partial charge in [0.1, 0.15) is 0 Å². The maximum absolute atomic E-state index is 2.57. The molecule has 0 aliphatic heterocycles. The Morgan fingerprint density at radius 1 is 0.386 bits per heavy atom. The molecular formula is C56H41N. The SMILES string of the molecule is CC1(C)c2ccccc2-c2c(N(c3ccc(-c4ccccc4)cc3)c3cc4ccccc4c4c3-c3ccccc3C4(c3ccccc3)c3ccccc3)cccc21. The average Bonchev–Trinajstić information content (AvgIpc) is 3.72. The molecule has 0 amide bonds. The zero-order valence-corrected chi connectivity index (χ0v) is 32.2. The zero-order valence-electron chi connectivity index (χ0n) is 32.2. The third-order valence-corrected chi connectivity index (χ3v) is 12.7. The predicted molar refractivity (Wildman–Crippen MR) is 239 cm³/mol. The van der Waals surface area contributed by atoms with Crippen molar-refractivity contribution in [1.82, 2.24) is 0 Å². The lowest BCUT2D eigenvalue weighted by Crippen LogP contribution is -2.29. The molecule has 0 aromatic heterocycles. The largest absolute Gasteiger partial charge is 0.309 e. The summed E-state index contributed by atoms with van der Waals surface area (Å²) in [5.41, 5.74) is 18.2. The van der Waals surface area contributed by atoms with Gasteiger partial charge in [-0.2, -0.15) is 0 Å². The monoisotopic (exact) mass is 727 g/mol. The highest BCUT2D eigenvalue weighted by molar-refractivity contribution is 6.09. The second-order valence-electron chi connectivity index (χ2n) is 16.0. The highest BCUT2D eigenvalue weighted by Crippen LogP contribution is 2.63. The lowest BCUT2D eigenvalue weighted by molar-refractivity contribution is 0.660. The van der Waals surface area contributed by atoms with Gasteiger partial charge in [-0.3, -0.25) is 0 Å². The molecule has 0 spiro atoms. The Morgan fingerprint density at radius 3 is 1.60 bits per heavy atom. The maximum atomic E-state index is 2.57. The Bertz CT molecular complexity index is 2920. The Kier molecular flexibility index (Phi) is 7.50. The fourth-order valence-corrected chi connectivity index (χ4v) is 10.2. The van der Waals surface area contributed by atoms with Gasteiger partial charge in [0, 0.05) is 22.2 Å². The van der Waals surface area contributed by atoms with E-state index >= 15 is 0 Å². The third kappa shape index (κ3) is 4.82. The highest BCUT2D eigenvalue weighted by Gasteiger charge is 2.49. The van der Waals surface area contributed by atoms with Crippen molar-refractivity contribution >= 4 is 27.8 Å². The van der Waals surface area contributed by atoms with E-state index in [4.69, 9.17) is 0 Å². The summed E-state index contributed by atoms with van der Waals surface area (Å²) in [6, 6.07) is 78.8. The first-order valence-corrected chi connectivity index (χ1v) is 20.0. The molecule has 0 saturated heterocycles. The molecule has 0 unspecified atom stereocenters. The van der Waals surface area contributed by atoms with Crippen molar-refractivity contribution in [2.45, 2.75) is 24.7 Å². The molecule has 11 rings (SSSR count). The molecule has 57 heavy (non-hydrogen) atoms. The number of rotatable bonds is 6. The minimum atomic E-state index is -0.555. The molecule has 9 aromatic rings. The van der Waals surface area contributed by atoms with Gasteiger partial charge >= 0.3 is 0 Å². The van der Waals surface area contributed by atoms with E-state index in [1.807, 2.05) is 0 Å². The second-order valence-corrected chi connectivity index (χ2v) is 16.0. The summed E-state index contributed by atoms with van der Waals surface area (Å²) in [6.45, 7) is 4.75. The van der Waals surface area contributed by atoms with Crippen molar-refractivity contribution in [2.75, 3.05) is 4.90 Å². The van der Waals surface area contributed by atoms with E-state index in [0.717, 1.165) is 5.69 Å². The lowest BCUT2D eigenvalue weighted by Gasteiger charge is -2.36. The highest BCUT2D eigenvalue weighted by atomic mass is 15.1. The first-order chi connectivity index (χ1) is 28.1. The fraction of sp³-hybridized carbons (Fsp3) is 0.0714. The smallest absolute Gasteiger partial charge is 0.0720 e. The van der Waals surface area contributed by atoms with E-state index in [9.17, 15) is 0 Å².